The zero-order valence-electron chi connectivity index (χ0n) is 14.1. The Kier molecular flexibility index (Phi) is 4.11. The fourth-order valence-electron chi connectivity index (χ4n) is 3.22. The molecule has 0 aliphatic carbocycles. The lowest BCUT2D eigenvalue weighted by atomic mass is 10.0. The highest BCUT2D eigenvalue weighted by Crippen LogP contribution is 2.20. The van der Waals surface area contributed by atoms with Crippen LogP contribution < -0.4 is 5.56 Å². The molecule has 1 aliphatic rings. The quantitative estimate of drug-likeness (QED) is 0.794. The first-order valence-electron chi connectivity index (χ1n) is 8.35. The van der Waals surface area contributed by atoms with E-state index >= 15 is 0 Å². The number of aromatic nitrogens is 4. The number of nitrogens with zero attached hydrogens (tertiary/aromatic N) is 4. The average molecular weight is 333 g/mol. The van der Waals surface area contributed by atoms with Gasteiger partial charge in [0.05, 0.1) is 11.3 Å². The highest BCUT2D eigenvalue weighted by Gasteiger charge is 2.21. The van der Waals surface area contributed by atoms with Crippen molar-refractivity contribution in [1.82, 2.24) is 24.8 Å². The molecule has 0 spiro atoms. The molecule has 0 saturated heterocycles. The van der Waals surface area contributed by atoms with Crippen molar-refractivity contribution in [1.29, 1.82) is 0 Å². The summed E-state index contributed by atoms with van der Waals surface area (Å²) in [5.74, 6) is 0.530. The number of H-pyrrole nitrogens is 1. The maximum Gasteiger partial charge on any atom is 0.254 e. The van der Waals surface area contributed by atoms with Gasteiger partial charge in [0.1, 0.15) is 12.2 Å². The van der Waals surface area contributed by atoms with Crippen molar-refractivity contribution in [3.63, 3.8) is 0 Å². The van der Waals surface area contributed by atoms with Crippen LogP contribution in [-0.2, 0) is 19.5 Å². The van der Waals surface area contributed by atoms with Crippen LogP contribution in [-0.4, -0.2) is 31.4 Å². The fourth-order valence-corrected chi connectivity index (χ4v) is 3.22. The monoisotopic (exact) mass is 333 g/mol. The lowest BCUT2D eigenvalue weighted by Gasteiger charge is -2.28. The van der Waals surface area contributed by atoms with E-state index in [1.807, 2.05) is 0 Å². The molecule has 0 fully saturated rings. The molecule has 3 aromatic rings. The van der Waals surface area contributed by atoms with E-state index in [-0.39, 0.29) is 5.56 Å². The van der Waals surface area contributed by atoms with Gasteiger partial charge >= 0.3 is 0 Å². The Labute approximate surface area is 145 Å². The topological polar surface area (TPSA) is 74.8 Å². The van der Waals surface area contributed by atoms with Gasteiger partial charge in [-0.25, -0.2) is 15.0 Å². The van der Waals surface area contributed by atoms with E-state index < -0.39 is 0 Å². The Hall–Kier alpha value is -2.86. The molecule has 1 aliphatic heterocycles. The number of aromatic amines is 1. The minimum atomic E-state index is -0.0561. The first kappa shape index (κ1) is 15.7. The van der Waals surface area contributed by atoms with Crippen molar-refractivity contribution in [2.24, 2.45) is 0 Å². The molecule has 1 aromatic carbocycles. The molecule has 0 atom stereocenters. The summed E-state index contributed by atoms with van der Waals surface area (Å²) in [5.41, 5.74) is 4.91. The Balaban J connectivity index is 1.63. The highest BCUT2D eigenvalue weighted by molar-refractivity contribution is 5.52. The van der Waals surface area contributed by atoms with Crippen molar-refractivity contribution in [2.75, 3.05) is 6.54 Å². The normalized spacial score (nSPS) is 14.3. The van der Waals surface area contributed by atoms with Crippen LogP contribution in [0, 0.1) is 6.92 Å². The Morgan fingerprint density at radius 1 is 1.20 bits per heavy atom. The van der Waals surface area contributed by atoms with Crippen molar-refractivity contribution in [3.05, 3.63) is 75.7 Å². The van der Waals surface area contributed by atoms with E-state index in [1.165, 1.54) is 17.5 Å². The molecule has 6 heteroatoms. The maximum absolute atomic E-state index is 12.4. The summed E-state index contributed by atoms with van der Waals surface area (Å²) in [5, 5.41) is 0. The Morgan fingerprint density at radius 3 is 2.80 bits per heavy atom. The minimum absolute atomic E-state index is 0.0561. The number of fused-ring (bicyclic) bond motifs is 1. The molecule has 3 heterocycles. The zero-order chi connectivity index (χ0) is 17.2. The number of hydrogen-bond acceptors (Lipinski definition) is 5. The first-order valence-corrected chi connectivity index (χ1v) is 8.35. The number of aryl methyl sites for hydroxylation is 1. The molecule has 1 N–H and O–H groups in total. The number of benzene rings is 1. The van der Waals surface area contributed by atoms with Gasteiger partial charge in [0.15, 0.2) is 0 Å². The van der Waals surface area contributed by atoms with Crippen LogP contribution >= 0.6 is 0 Å². The third-order valence-electron chi connectivity index (χ3n) is 4.64. The predicted octanol–water partition coefficient (Wildman–Crippen LogP) is 2.09. The summed E-state index contributed by atoms with van der Waals surface area (Å²) in [6.07, 6.45) is 5.50. The molecule has 25 heavy (non-hydrogen) atoms. The summed E-state index contributed by atoms with van der Waals surface area (Å²) in [7, 11) is 0. The molecular weight excluding hydrogens is 314 g/mol. The third kappa shape index (κ3) is 3.21. The maximum atomic E-state index is 12.4. The van der Waals surface area contributed by atoms with Crippen LogP contribution in [0.15, 0.2) is 47.8 Å². The molecule has 0 amide bonds. The van der Waals surface area contributed by atoms with Crippen molar-refractivity contribution < 1.29 is 0 Å². The summed E-state index contributed by atoms with van der Waals surface area (Å²) >= 11 is 0. The van der Waals surface area contributed by atoms with E-state index in [2.05, 4.69) is 56.0 Å². The second kappa shape index (κ2) is 6.57. The molecule has 6 nitrogen and oxygen atoms in total. The van der Waals surface area contributed by atoms with Crippen LogP contribution in [0.2, 0.25) is 0 Å². The number of hydrogen-bond donors (Lipinski definition) is 1. The second-order valence-electron chi connectivity index (χ2n) is 6.35. The molecule has 0 bridgehead atoms. The predicted molar refractivity (Wildman–Crippen MR) is 94.9 cm³/mol. The van der Waals surface area contributed by atoms with E-state index in [9.17, 15) is 4.79 Å². The van der Waals surface area contributed by atoms with Gasteiger partial charge in [-0.2, -0.15) is 0 Å². The molecule has 2 aromatic heterocycles. The van der Waals surface area contributed by atoms with E-state index in [4.69, 9.17) is 0 Å². The Morgan fingerprint density at radius 2 is 2.00 bits per heavy atom. The molecule has 0 unspecified atom stereocenters. The van der Waals surface area contributed by atoms with E-state index in [0.29, 0.717) is 12.4 Å². The molecule has 4 rings (SSSR count). The second-order valence-corrected chi connectivity index (χ2v) is 6.35. The number of rotatable bonds is 3. The first-order chi connectivity index (χ1) is 12.2. The average Bonchev–Trinajstić information content (AvgIpc) is 2.64. The van der Waals surface area contributed by atoms with Crippen LogP contribution in [0.4, 0.5) is 0 Å². The van der Waals surface area contributed by atoms with Crippen LogP contribution in [0.5, 0.6) is 0 Å². The van der Waals surface area contributed by atoms with Crippen LogP contribution in [0.25, 0.3) is 11.4 Å². The van der Waals surface area contributed by atoms with Crippen LogP contribution in [0.3, 0.4) is 0 Å². The molecule has 126 valence electrons. The summed E-state index contributed by atoms with van der Waals surface area (Å²) < 4.78 is 0. The van der Waals surface area contributed by atoms with Gasteiger partial charge in [0.25, 0.3) is 5.56 Å². The van der Waals surface area contributed by atoms with E-state index in [1.54, 1.807) is 12.4 Å². The lowest BCUT2D eigenvalue weighted by molar-refractivity contribution is 0.240. The zero-order valence-corrected chi connectivity index (χ0v) is 14.1. The fraction of sp³-hybridized carbons (Fsp3) is 0.263. The largest absolute Gasteiger partial charge is 0.306 e. The van der Waals surface area contributed by atoms with Crippen molar-refractivity contribution in [3.8, 4) is 11.4 Å². The van der Waals surface area contributed by atoms with Crippen molar-refractivity contribution in [2.45, 2.75) is 26.4 Å². The summed E-state index contributed by atoms with van der Waals surface area (Å²) in [6, 6.07) is 8.41. The smallest absolute Gasteiger partial charge is 0.254 e. The summed E-state index contributed by atoms with van der Waals surface area (Å²) in [6.45, 7) is 4.53. The molecule has 0 radical (unpaired) electrons. The molecule has 0 saturated carbocycles. The van der Waals surface area contributed by atoms with Gasteiger partial charge in [-0.15, -0.1) is 0 Å². The van der Waals surface area contributed by atoms with Gasteiger partial charge in [-0.3, -0.25) is 9.69 Å². The highest BCUT2D eigenvalue weighted by atomic mass is 16.1. The van der Waals surface area contributed by atoms with Gasteiger partial charge in [-0.05, 0) is 24.5 Å². The van der Waals surface area contributed by atoms with E-state index in [0.717, 1.165) is 36.3 Å². The minimum Gasteiger partial charge on any atom is -0.306 e. The summed E-state index contributed by atoms with van der Waals surface area (Å²) in [4.78, 5) is 30.3. The lowest BCUT2D eigenvalue weighted by Crippen LogP contribution is -2.35. The molecular formula is C19H19N5O. The van der Waals surface area contributed by atoms with Gasteiger partial charge in [0, 0.05) is 37.6 Å². The number of nitrogens with one attached hydrogen (secondary N) is 1. The van der Waals surface area contributed by atoms with Gasteiger partial charge in [-0.1, -0.05) is 24.3 Å². The third-order valence-corrected chi connectivity index (χ3v) is 4.64. The van der Waals surface area contributed by atoms with Crippen LogP contribution in [0.1, 0.15) is 22.4 Å². The van der Waals surface area contributed by atoms with Crippen molar-refractivity contribution >= 4 is 0 Å². The van der Waals surface area contributed by atoms with Gasteiger partial charge < -0.3 is 4.98 Å². The van der Waals surface area contributed by atoms with Gasteiger partial charge in [0.2, 0.25) is 0 Å². The standard InChI is InChI=1S/C19H19N5O/c1-13-4-2-3-5-14(13)10-24-7-6-16-17(11-24)22-18(23-19(16)25)15-8-20-12-21-9-15/h2-5,8-9,12H,6-7,10-11H2,1H3,(H,22,23,25). The SMILES string of the molecule is Cc1ccccc1CN1CCc2c(nc(-c3cncnc3)[nH]c2=O)C1. The Bertz CT molecular complexity index is 952.